The topological polar surface area (TPSA) is 274 Å². The summed E-state index contributed by atoms with van der Waals surface area (Å²) in [4.78, 5) is 100. The Morgan fingerprint density at radius 1 is 0.368 bits per heavy atom. The Morgan fingerprint density at radius 3 is 1.08 bits per heavy atom. The highest BCUT2D eigenvalue weighted by Crippen LogP contribution is 2.38. The van der Waals surface area contributed by atoms with Crippen molar-refractivity contribution in [2.45, 2.75) is 72.4 Å². The Kier molecular flexibility index (Phi) is 27.1. The lowest BCUT2D eigenvalue weighted by molar-refractivity contribution is 0.0907. The third-order valence-electron chi connectivity index (χ3n) is 24.0. The molecule has 20 rings (SSSR count). The van der Waals surface area contributed by atoms with E-state index < -0.39 is 0 Å². The molecule has 0 saturated carbocycles. The van der Waals surface area contributed by atoms with Gasteiger partial charge in [-0.25, -0.2) is 42.5 Å². The van der Waals surface area contributed by atoms with Crippen molar-refractivity contribution in [3.8, 4) is 89.5 Å². The lowest BCUT2D eigenvalue weighted by atomic mass is 9.97. The van der Waals surface area contributed by atoms with E-state index in [9.17, 15) is 36.7 Å². The fourth-order valence-electron chi connectivity index (χ4n) is 16.5. The molecule has 18 aromatic rings. The number of nitrogens with one attached hydrogen (secondary N) is 4. The highest BCUT2D eigenvalue weighted by molar-refractivity contribution is 6.04. The van der Waals surface area contributed by atoms with Crippen molar-refractivity contribution in [2.24, 2.45) is 5.92 Å². The molecule has 0 aliphatic carbocycles. The second-order valence-corrected chi connectivity index (χ2v) is 33.2. The highest BCUT2D eigenvalue weighted by Gasteiger charge is 2.26. The molecule has 668 valence electrons. The minimum absolute atomic E-state index is 0.116. The maximum Gasteiger partial charge on any atom is 0.274 e. The van der Waals surface area contributed by atoms with Crippen molar-refractivity contribution in [3.63, 3.8) is 0 Å². The van der Waals surface area contributed by atoms with Gasteiger partial charge in [0.15, 0.2) is 0 Å². The normalized spacial score (nSPS) is 13.1. The van der Waals surface area contributed by atoms with Gasteiger partial charge in [0.05, 0.1) is 53.9 Å². The summed E-state index contributed by atoms with van der Waals surface area (Å²) >= 11 is 0. The molecule has 0 atom stereocenters. The molecule has 0 unspecified atom stereocenters. The summed E-state index contributed by atoms with van der Waals surface area (Å²) in [6.07, 6.45) is 34.3. The van der Waals surface area contributed by atoms with Crippen LogP contribution in [0.2, 0.25) is 0 Å². The summed E-state index contributed by atoms with van der Waals surface area (Å²) in [6, 6.07) is 54.3. The molecule has 25 nitrogen and oxygen atoms in total. The molecule has 14 aromatic heterocycles. The smallest absolute Gasteiger partial charge is 0.274 e. The molecule has 0 radical (unpaired) electrons. The number of fused-ring (bicyclic) bond motifs is 4. The van der Waals surface area contributed by atoms with Crippen LogP contribution in [-0.2, 0) is 6.54 Å². The Hall–Kier alpha value is -15.9. The first-order valence-corrected chi connectivity index (χ1v) is 43.9. The number of nitrogens with zero attached hydrogens (tertiary/aromatic N) is 17. The number of piperidine rings is 2. The van der Waals surface area contributed by atoms with Crippen molar-refractivity contribution in [1.29, 1.82) is 0 Å². The van der Waals surface area contributed by atoms with Crippen molar-refractivity contribution in [1.82, 2.24) is 97.8 Å². The molecular weight excluding hydrogens is 1680 g/mol. The molecule has 0 spiro atoms. The van der Waals surface area contributed by atoms with Gasteiger partial charge in [-0.05, 0) is 286 Å². The van der Waals surface area contributed by atoms with Crippen LogP contribution in [0.1, 0.15) is 96.3 Å². The highest BCUT2D eigenvalue weighted by atomic mass is 19.1. The molecule has 4 aromatic carbocycles. The molecule has 16 heterocycles. The number of rotatable bonds is 20. The Morgan fingerprint density at radius 2 is 0.714 bits per heavy atom. The molecule has 2 aliphatic heterocycles. The number of pyridine rings is 9. The van der Waals surface area contributed by atoms with E-state index in [-0.39, 0.29) is 52.9 Å². The fraction of sp³-hybridized carbons (Fsp3) is 0.192. The van der Waals surface area contributed by atoms with Crippen LogP contribution >= 0.6 is 0 Å². The standard InChI is InChI=1S/C27H28FN5O.C26H23FN6O.C26H26FN5O.C25H18FN5O/c1-18-14-20(5-7-23(18)28)26-22(4-3-11-29-26)21-6-8-25-30-16-24(33(25)17-21)27(34)31-15-19-9-12-32(2)13-10-19;1-18-14-19(5-7-22(18)27)25-21(4-2-9-29-25)20-6-8-24-31-15-23(33(24)16-20)26(34)30-10-3-12-32-13-11-28-17-32;1-17-14-18(5-7-22(17)27)25-21(4-3-11-28-25)19-6-8-24-29-15-23(32(24)16-19)26(33)30-20-9-12-31(2)13-10-20;1-16-13-17(4-6-21(16)26)24-20(3-2-10-28-24)18-5-7-23-29-14-22(31(23)15-18)25(32)30-19-8-11-27-12-9-19/h3-8,11,14,16-17,19H,9-10,12-13,15H2,1-2H3,(H,31,34);2,4-9,11,13-17H,3,10,12H2,1H3,(H,30,34);3-8,11,14-16,20H,9-10,12-13H2,1-2H3,(H,30,33);2-15H,1H3,(H,27,30,32). The molecule has 0 bridgehead atoms. The van der Waals surface area contributed by atoms with Gasteiger partial charge in [0.1, 0.15) is 68.6 Å². The monoisotopic (exact) mass is 1780 g/mol. The van der Waals surface area contributed by atoms with E-state index in [1.807, 2.05) is 141 Å². The van der Waals surface area contributed by atoms with Gasteiger partial charge >= 0.3 is 0 Å². The summed E-state index contributed by atoms with van der Waals surface area (Å²) < 4.78 is 64.4. The second-order valence-electron chi connectivity index (χ2n) is 33.2. The summed E-state index contributed by atoms with van der Waals surface area (Å²) in [5.41, 5.74) is 21.0. The number of amides is 4. The van der Waals surface area contributed by atoms with Crippen LogP contribution in [0.25, 0.3) is 112 Å². The first-order valence-electron chi connectivity index (χ1n) is 43.9. The quantitative estimate of drug-likeness (QED) is 0.0408. The van der Waals surface area contributed by atoms with Gasteiger partial charge in [-0.3, -0.25) is 61.7 Å². The summed E-state index contributed by atoms with van der Waals surface area (Å²) in [5, 5.41) is 12.1. The third kappa shape index (κ3) is 20.6. The van der Waals surface area contributed by atoms with Gasteiger partial charge in [-0.2, -0.15) is 0 Å². The van der Waals surface area contributed by atoms with E-state index in [0.29, 0.717) is 92.3 Å². The molecular formula is C104H95F4N21O4. The van der Waals surface area contributed by atoms with Crippen molar-refractivity contribution >= 4 is 51.9 Å². The molecule has 4 amide bonds. The molecule has 2 saturated heterocycles. The van der Waals surface area contributed by atoms with Crippen LogP contribution in [0, 0.1) is 56.9 Å². The first kappa shape index (κ1) is 89.1. The number of carbonyl (C=O) groups excluding carboxylic acids is 4. The SMILES string of the molecule is Cc1cc(-c2ncccc2-c2ccc3ncc(C(=O)NC4CCN(C)CC4)n3c2)ccc1F.Cc1cc(-c2ncccc2-c2ccc3ncc(C(=O)NCC4CCN(C)CC4)n3c2)ccc1F.Cc1cc(-c2ncccc2-c2ccc3ncc(C(=O)NCCCn4ccnc4)n3c2)ccc1F.Cc1cc(-c2ncccc2-c2ccc3ncc(C(=O)Nc4ccncc4)n3c2)ccc1F. The molecule has 29 heteroatoms. The van der Waals surface area contributed by atoms with E-state index in [4.69, 9.17) is 0 Å². The number of anilines is 1. The van der Waals surface area contributed by atoms with Gasteiger partial charge < -0.3 is 35.6 Å². The van der Waals surface area contributed by atoms with Gasteiger partial charge in [0.25, 0.3) is 23.6 Å². The Labute approximate surface area is 764 Å². The zero-order valence-corrected chi connectivity index (χ0v) is 74.0. The Balaban J connectivity index is 0.000000124. The number of aryl methyl sites for hydroxylation is 5. The zero-order valence-electron chi connectivity index (χ0n) is 74.0. The van der Waals surface area contributed by atoms with E-state index in [2.05, 4.69) is 95.0 Å². The second kappa shape index (κ2) is 40.4. The summed E-state index contributed by atoms with van der Waals surface area (Å²) in [5.74, 6) is -1.17. The zero-order chi connectivity index (χ0) is 92.2. The van der Waals surface area contributed by atoms with Crippen molar-refractivity contribution < 1.29 is 36.7 Å². The van der Waals surface area contributed by atoms with E-state index >= 15 is 0 Å². The maximum atomic E-state index is 13.8. The lowest BCUT2D eigenvalue weighted by Crippen LogP contribution is -2.43. The Bertz CT molecular complexity index is 7280. The van der Waals surface area contributed by atoms with Crippen LogP contribution < -0.4 is 21.3 Å². The number of carbonyl (C=O) groups is 4. The molecule has 133 heavy (non-hydrogen) atoms. The number of imidazole rings is 5. The average Bonchev–Trinajstić information content (AvgIpc) is 0.955. The van der Waals surface area contributed by atoms with Gasteiger partial charge in [0, 0.05) is 172 Å². The van der Waals surface area contributed by atoms with Gasteiger partial charge in [-0.1, -0.05) is 24.3 Å². The van der Waals surface area contributed by atoms with Crippen molar-refractivity contribution in [3.05, 3.63) is 356 Å². The summed E-state index contributed by atoms with van der Waals surface area (Å²) in [7, 11) is 4.24. The lowest BCUT2D eigenvalue weighted by Gasteiger charge is -2.29. The number of halogens is 4. The molecule has 2 aliphatic rings. The van der Waals surface area contributed by atoms with E-state index in [1.165, 1.54) is 24.3 Å². The number of hydrogen-bond donors (Lipinski definition) is 4. The summed E-state index contributed by atoms with van der Waals surface area (Å²) in [6.45, 7) is 13.1. The van der Waals surface area contributed by atoms with Crippen molar-refractivity contribution in [2.75, 3.05) is 58.7 Å². The van der Waals surface area contributed by atoms with Gasteiger partial charge in [-0.15, -0.1) is 0 Å². The van der Waals surface area contributed by atoms with Crippen LogP contribution in [0.3, 0.4) is 0 Å². The first-order chi connectivity index (χ1) is 64.7. The number of hydrogen-bond acceptors (Lipinski definition) is 16. The molecule has 4 N–H and O–H groups in total. The predicted molar refractivity (Wildman–Crippen MR) is 506 cm³/mol. The minimum atomic E-state index is -0.276. The van der Waals surface area contributed by atoms with Crippen LogP contribution in [0.15, 0.2) is 287 Å². The number of likely N-dealkylation sites (tertiary alicyclic amines) is 2. The fourth-order valence-corrected chi connectivity index (χ4v) is 16.5. The predicted octanol–water partition coefficient (Wildman–Crippen LogP) is 18.6. The van der Waals surface area contributed by atoms with Crippen LogP contribution in [0.4, 0.5) is 23.2 Å². The van der Waals surface area contributed by atoms with E-state index in [0.717, 1.165) is 154 Å². The number of aromatic nitrogens is 15. The minimum Gasteiger partial charge on any atom is -0.351 e. The largest absolute Gasteiger partial charge is 0.351 e. The van der Waals surface area contributed by atoms with Crippen LogP contribution in [-0.4, -0.2) is 165 Å². The average molecular weight is 1780 g/mol. The number of benzene rings is 4. The van der Waals surface area contributed by atoms with Gasteiger partial charge in [0.2, 0.25) is 0 Å². The molecule has 2 fully saturated rings. The third-order valence-corrected chi connectivity index (χ3v) is 24.0. The van der Waals surface area contributed by atoms with E-state index in [1.54, 1.807) is 172 Å². The maximum absolute atomic E-state index is 13.8. The van der Waals surface area contributed by atoms with Crippen LogP contribution in [0.5, 0.6) is 0 Å².